The summed E-state index contributed by atoms with van der Waals surface area (Å²) in [6.07, 6.45) is -1.11. The number of methoxy groups -OCH3 is 1. The van der Waals surface area contributed by atoms with Gasteiger partial charge in [0.1, 0.15) is 5.75 Å². The first-order chi connectivity index (χ1) is 14.0. The lowest BCUT2D eigenvalue weighted by molar-refractivity contribution is -0.386. The van der Waals surface area contributed by atoms with Gasteiger partial charge in [-0.3, -0.25) is 14.9 Å². The van der Waals surface area contributed by atoms with Crippen LogP contribution in [-0.4, -0.2) is 17.9 Å². The second-order valence-corrected chi connectivity index (χ2v) is 6.38. The molecule has 3 aromatic rings. The Hall–Kier alpha value is -3.58. The molecule has 29 heavy (non-hydrogen) atoms. The fraction of sp³-hybridized carbons (Fsp3) is 0.0952. The number of amides is 1. The standard InChI is InChI=1S/C21H17ClN2O5/c1-28-18-12-11-15(13-16(18)22)23-21(25)20(14-7-3-2-4-8-14)29-19-10-6-5-9-17(19)24(26)27/h2-13,20H,1H3,(H,23,25)/t20-/m1/s1. The molecule has 1 atom stereocenters. The predicted molar refractivity (Wildman–Crippen MR) is 110 cm³/mol. The molecule has 0 saturated carbocycles. The van der Waals surface area contributed by atoms with E-state index in [1.165, 1.54) is 25.3 Å². The summed E-state index contributed by atoms with van der Waals surface area (Å²) in [6.45, 7) is 0. The number of carbonyl (C=O) groups excluding carboxylic acids is 1. The zero-order valence-corrected chi connectivity index (χ0v) is 16.1. The average molecular weight is 413 g/mol. The SMILES string of the molecule is COc1ccc(NC(=O)[C@H](Oc2ccccc2[N+](=O)[O-])c2ccccc2)cc1Cl. The van der Waals surface area contributed by atoms with Crippen LogP contribution in [0.2, 0.25) is 5.02 Å². The third-order valence-corrected chi connectivity index (χ3v) is 4.36. The van der Waals surface area contributed by atoms with E-state index >= 15 is 0 Å². The summed E-state index contributed by atoms with van der Waals surface area (Å²) >= 11 is 6.11. The van der Waals surface area contributed by atoms with Crippen LogP contribution in [0.15, 0.2) is 72.8 Å². The van der Waals surface area contributed by atoms with Crippen LogP contribution < -0.4 is 14.8 Å². The van der Waals surface area contributed by atoms with Gasteiger partial charge < -0.3 is 14.8 Å². The summed E-state index contributed by atoms with van der Waals surface area (Å²) < 4.78 is 10.9. The molecule has 0 bridgehead atoms. The second kappa shape index (κ2) is 9.07. The van der Waals surface area contributed by atoms with E-state index in [0.717, 1.165) is 0 Å². The Bertz CT molecular complexity index is 1030. The Labute approximate surface area is 172 Å². The zero-order valence-electron chi connectivity index (χ0n) is 15.4. The third kappa shape index (κ3) is 4.83. The molecular weight excluding hydrogens is 396 g/mol. The molecule has 148 valence electrons. The number of nitro benzene ring substituents is 1. The van der Waals surface area contributed by atoms with Gasteiger partial charge in [-0.2, -0.15) is 0 Å². The summed E-state index contributed by atoms with van der Waals surface area (Å²) in [7, 11) is 1.49. The molecule has 0 aromatic heterocycles. The normalized spacial score (nSPS) is 11.4. The van der Waals surface area contributed by atoms with E-state index in [4.69, 9.17) is 21.1 Å². The van der Waals surface area contributed by atoms with Crippen molar-refractivity contribution in [2.45, 2.75) is 6.10 Å². The molecule has 1 amide bonds. The highest BCUT2D eigenvalue weighted by molar-refractivity contribution is 6.32. The van der Waals surface area contributed by atoms with Crippen molar-refractivity contribution in [2.75, 3.05) is 12.4 Å². The molecule has 0 spiro atoms. The van der Waals surface area contributed by atoms with Gasteiger partial charge in [0.2, 0.25) is 6.10 Å². The molecule has 3 aromatic carbocycles. The summed E-state index contributed by atoms with van der Waals surface area (Å²) in [5.41, 5.74) is 0.754. The van der Waals surface area contributed by atoms with Crippen LogP contribution in [0.5, 0.6) is 11.5 Å². The topological polar surface area (TPSA) is 90.7 Å². The minimum absolute atomic E-state index is 0.00531. The van der Waals surface area contributed by atoms with Crippen LogP contribution in [-0.2, 0) is 4.79 Å². The van der Waals surface area contributed by atoms with Gasteiger partial charge in [0.05, 0.1) is 17.1 Å². The fourth-order valence-corrected chi connectivity index (χ4v) is 2.95. The Kier molecular flexibility index (Phi) is 6.31. The van der Waals surface area contributed by atoms with Crippen molar-refractivity contribution >= 4 is 28.9 Å². The first-order valence-electron chi connectivity index (χ1n) is 8.59. The first-order valence-corrected chi connectivity index (χ1v) is 8.97. The highest BCUT2D eigenvalue weighted by atomic mass is 35.5. The number of rotatable bonds is 7. The molecule has 8 heteroatoms. The maximum Gasteiger partial charge on any atom is 0.310 e. The average Bonchev–Trinajstić information content (AvgIpc) is 2.73. The largest absolute Gasteiger partial charge is 0.495 e. The number of hydrogen-bond acceptors (Lipinski definition) is 5. The lowest BCUT2D eigenvalue weighted by Crippen LogP contribution is -2.26. The maximum absolute atomic E-state index is 13.0. The summed E-state index contributed by atoms with van der Waals surface area (Å²) in [5, 5.41) is 14.4. The fourth-order valence-electron chi connectivity index (χ4n) is 2.69. The lowest BCUT2D eigenvalue weighted by Gasteiger charge is -2.19. The lowest BCUT2D eigenvalue weighted by atomic mass is 10.1. The number of ether oxygens (including phenoxy) is 2. The summed E-state index contributed by atoms with van der Waals surface area (Å²) in [5.74, 6) is -0.0368. The van der Waals surface area contributed by atoms with Crippen LogP contribution in [0.1, 0.15) is 11.7 Å². The van der Waals surface area contributed by atoms with Crippen LogP contribution in [0, 0.1) is 10.1 Å². The Morgan fingerprint density at radius 3 is 2.38 bits per heavy atom. The van der Waals surface area contributed by atoms with Gasteiger partial charge >= 0.3 is 5.69 Å². The highest BCUT2D eigenvalue weighted by Gasteiger charge is 2.26. The Balaban J connectivity index is 1.91. The number of halogens is 1. The number of benzene rings is 3. The predicted octanol–water partition coefficient (Wildman–Crippen LogP) is 5.02. The molecule has 0 radical (unpaired) electrons. The monoisotopic (exact) mass is 412 g/mol. The van der Waals surface area contributed by atoms with Gasteiger partial charge in [-0.1, -0.05) is 54.1 Å². The van der Waals surface area contributed by atoms with E-state index in [2.05, 4.69) is 5.32 Å². The van der Waals surface area contributed by atoms with Gasteiger partial charge in [0.15, 0.2) is 5.75 Å². The second-order valence-electron chi connectivity index (χ2n) is 5.97. The molecule has 0 aliphatic carbocycles. The Morgan fingerprint density at radius 1 is 1.03 bits per heavy atom. The van der Waals surface area contributed by atoms with Crippen molar-refractivity contribution in [3.05, 3.63) is 93.5 Å². The van der Waals surface area contributed by atoms with Crippen LogP contribution in [0.25, 0.3) is 0 Å². The number of anilines is 1. The number of para-hydroxylation sites is 2. The molecule has 1 N–H and O–H groups in total. The molecule has 0 saturated heterocycles. The van der Waals surface area contributed by atoms with E-state index in [1.807, 2.05) is 0 Å². The van der Waals surface area contributed by atoms with Crippen LogP contribution >= 0.6 is 11.6 Å². The number of nitrogens with one attached hydrogen (secondary N) is 1. The van der Waals surface area contributed by atoms with Gasteiger partial charge in [0, 0.05) is 17.3 Å². The molecule has 0 unspecified atom stereocenters. The number of hydrogen-bond donors (Lipinski definition) is 1. The first kappa shape index (κ1) is 20.2. The van der Waals surface area contributed by atoms with Crippen molar-refractivity contribution in [2.24, 2.45) is 0 Å². The minimum Gasteiger partial charge on any atom is -0.495 e. The molecule has 0 aliphatic heterocycles. The van der Waals surface area contributed by atoms with Crippen molar-refractivity contribution < 1.29 is 19.2 Å². The van der Waals surface area contributed by atoms with Crippen molar-refractivity contribution in [1.82, 2.24) is 0 Å². The smallest absolute Gasteiger partial charge is 0.310 e. The summed E-state index contributed by atoms with van der Waals surface area (Å²) in [4.78, 5) is 23.7. The molecule has 0 heterocycles. The molecule has 3 rings (SSSR count). The van der Waals surface area contributed by atoms with Crippen molar-refractivity contribution in [3.8, 4) is 11.5 Å². The summed E-state index contributed by atoms with van der Waals surface area (Å²) in [6, 6.07) is 19.4. The van der Waals surface area contributed by atoms with E-state index in [9.17, 15) is 14.9 Å². The number of carbonyl (C=O) groups is 1. The van der Waals surface area contributed by atoms with Gasteiger partial charge in [-0.25, -0.2) is 0 Å². The molecule has 0 fully saturated rings. The Morgan fingerprint density at radius 2 is 1.72 bits per heavy atom. The molecule has 7 nitrogen and oxygen atoms in total. The molecule has 0 aliphatic rings. The molecular formula is C21H17ClN2O5. The van der Waals surface area contributed by atoms with E-state index < -0.39 is 16.9 Å². The van der Waals surface area contributed by atoms with Crippen molar-refractivity contribution in [3.63, 3.8) is 0 Å². The zero-order chi connectivity index (χ0) is 20.8. The third-order valence-electron chi connectivity index (χ3n) is 4.07. The van der Waals surface area contributed by atoms with Gasteiger partial charge in [0.25, 0.3) is 5.91 Å². The van der Waals surface area contributed by atoms with E-state index in [0.29, 0.717) is 22.0 Å². The van der Waals surface area contributed by atoms with E-state index in [-0.39, 0.29) is 11.4 Å². The minimum atomic E-state index is -1.11. The number of nitro groups is 1. The van der Waals surface area contributed by atoms with Crippen molar-refractivity contribution in [1.29, 1.82) is 0 Å². The quantitative estimate of drug-likeness (QED) is 0.434. The van der Waals surface area contributed by atoms with E-state index in [1.54, 1.807) is 54.6 Å². The van der Waals surface area contributed by atoms with Crippen LogP contribution in [0.4, 0.5) is 11.4 Å². The van der Waals surface area contributed by atoms with Gasteiger partial charge in [-0.15, -0.1) is 0 Å². The highest BCUT2D eigenvalue weighted by Crippen LogP contribution is 2.32. The van der Waals surface area contributed by atoms with Gasteiger partial charge in [-0.05, 0) is 24.3 Å². The van der Waals surface area contributed by atoms with Crippen LogP contribution in [0.3, 0.4) is 0 Å². The maximum atomic E-state index is 13.0. The number of nitrogens with zero attached hydrogens (tertiary/aromatic N) is 1.